The maximum Gasteiger partial charge on any atom is 0.340 e. The van der Waals surface area contributed by atoms with Gasteiger partial charge in [-0.25, -0.2) is 9.59 Å². The van der Waals surface area contributed by atoms with Crippen molar-refractivity contribution in [1.29, 1.82) is 0 Å². The third kappa shape index (κ3) is 3.54. The molecule has 0 heterocycles. The lowest BCUT2D eigenvalue weighted by molar-refractivity contribution is -0.160. The SMILES string of the molecule is CCOC(=O)C(NC(=O)C1CC2CCC1C2)C(=O)OCC. The third-order valence-electron chi connectivity index (χ3n) is 4.41. The lowest BCUT2D eigenvalue weighted by atomic mass is 9.88. The topological polar surface area (TPSA) is 81.7 Å². The molecule has 0 aromatic rings. The van der Waals surface area contributed by atoms with Crippen molar-refractivity contribution in [3.63, 3.8) is 0 Å². The van der Waals surface area contributed by atoms with Crippen LogP contribution in [0.1, 0.15) is 39.5 Å². The molecular weight excluding hydrogens is 274 g/mol. The van der Waals surface area contributed by atoms with Gasteiger partial charge in [-0.3, -0.25) is 4.79 Å². The number of fused-ring (bicyclic) bond motifs is 2. The van der Waals surface area contributed by atoms with Crippen LogP contribution in [0.25, 0.3) is 0 Å². The molecule has 0 saturated heterocycles. The van der Waals surface area contributed by atoms with Crippen LogP contribution in [-0.4, -0.2) is 37.1 Å². The molecule has 2 saturated carbocycles. The first-order chi connectivity index (χ1) is 10.1. The highest BCUT2D eigenvalue weighted by Crippen LogP contribution is 2.48. The number of amides is 1. The van der Waals surface area contributed by atoms with E-state index >= 15 is 0 Å². The highest BCUT2D eigenvalue weighted by molar-refractivity contribution is 6.02. The van der Waals surface area contributed by atoms with Gasteiger partial charge in [0.1, 0.15) is 0 Å². The molecule has 0 aromatic heterocycles. The summed E-state index contributed by atoms with van der Waals surface area (Å²) in [5.74, 6) is -0.822. The number of esters is 2. The number of carbonyl (C=O) groups excluding carboxylic acids is 3. The van der Waals surface area contributed by atoms with E-state index in [2.05, 4.69) is 5.32 Å². The third-order valence-corrected chi connectivity index (χ3v) is 4.41. The smallest absolute Gasteiger partial charge is 0.340 e. The van der Waals surface area contributed by atoms with E-state index in [0.29, 0.717) is 11.8 Å². The molecule has 0 radical (unpaired) electrons. The van der Waals surface area contributed by atoms with Crippen LogP contribution in [0.5, 0.6) is 0 Å². The van der Waals surface area contributed by atoms with Gasteiger partial charge in [0.2, 0.25) is 11.9 Å². The number of carbonyl (C=O) groups is 3. The molecule has 2 aliphatic carbocycles. The van der Waals surface area contributed by atoms with Gasteiger partial charge >= 0.3 is 11.9 Å². The molecule has 6 nitrogen and oxygen atoms in total. The fourth-order valence-electron chi connectivity index (χ4n) is 3.48. The van der Waals surface area contributed by atoms with Crippen LogP contribution >= 0.6 is 0 Å². The van der Waals surface area contributed by atoms with Crippen LogP contribution in [0.15, 0.2) is 0 Å². The maximum absolute atomic E-state index is 12.3. The molecule has 2 bridgehead atoms. The van der Waals surface area contributed by atoms with Crippen molar-refractivity contribution < 1.29 is 23.9 Å². The van der Waals surface area contributed by atoms with Crippen molar-refractivity contribution in [2.24, 2.45) is 17.8 Å². The van der Waals surface area contributed by atoms with Crippen LogP contribution in [-0.2, 0) is 23.9 Å². The first-order valence-electron chi connectivity index (χ1n) is 7.70. The minimum absolute atomic E-state index is 0.0879. The molecule has 21 heavy (non-hydrogen) atoms. The van der Waals surface area contributed by atoms with Crippen molar-refractivity contribution in [1.82, 2.24) is 5.32 Å². The summed E-state index contributed by atoms with van der Waals surface area (Å²) in [6.07, 6.45) is 4.19. The van der Waals surface area contributed by atoms with E-state index in [1.165, 1.54) is 6.42 Å². The zero-order valence-corrected chi connectivity index (χ0v) is 12.6. The van der Waals surface area contributed by atoms with Crippen molar-refractivity contribution in [2.45, 2.75) is 45.6 Å². The van der Waals surface area contributed by atoms with Gasteiger partial charge in [-0.15, -0.1) is 0 Å². The summed E-state index contributed by atoms with van der Waals surface area (Å²) < 4.78 is 9.68. The van der Waals surface area contributed by atoms with Crippen molar-refractivity contribution in [3.05, 3.63) is 0 Å². The van der Waals surface area contributed by atoms with Crippen LogP contribution < -0.4 is 5.32 Å². The number of hydrogen-bond donors (Lipinski definition) is 1. The lowest BCUT2D eigenvalue weighted by Crippen LogP contribution is -2.50. The van der Waals surface area contributed by atoms with Gasteiger partial charge < -0.3 is 14.8 Å². The molecule has 3 unspecified atom stereocenters. The second-order valence-electron chi connectivity index (χ2n) is 5.73. The zero-order chi connectivity index (χ0) is 15.4. The Balaban J connectivity index is 1.98. The van der Waals surface area contributed by atoms with Crippen LogP contribution in [0.2, 0.25) is 0 Å². The summed E-state index contributed by atoms with van der Waals surface area (Å²) in [6, 6.07) is -1.35. The number of hydrogen-bond acceptors (Lipinski definition) is 5. The van der Waals surface area contributed by atoms with E-state index in [1.54, 1.807) is 13.8 Å². The predicted octanol–water partition coefficient (Wildman–Crippen LogP) is 1.03. The standard InChI is InChI=1S/C15H23NO5/c1-3-20-14(18)12(15(19)21-4-2)16-13(17)11-8-9-5-6-10(11)7-9/h9-12H,3-8H2,1-2H3,(H,16,17). The van der Waals surface area contributed by atoms with Crippen LogP contribution in [0.3, 0.4) is 0 Å². The van der Waals surface area contributed by atoms with Crippen LogP contribution in [0.4, 0.5) is 0 Å². The molecule has 0 aromatic carbocycles. The van der Waals surface area contributed by atoms with Crippen molar-refractivity contribution in [3.8, 4) is 0 Å². The Morgan fingerprint density at radius 2 is 1.67 bits per heavy atom. The quantitative estimate of drug-likeness (QED) is 0.585. The highest BCUT2D eigenvalue weighted by Gasteiger charge is 2.44. The molecule has 1 amide bonds. The van der Waals surface area contributed by atoms with E-state index in [9.17, 15) is 14.4 Å². The molecule has 2 aliphatic rings. The van der Waals surface area contributed by atoms with Crippen LogP contribution in [0, 0.1) is 17.8 Å². The number of nitrogens with one attached hydrogen (secondary N) is 1. The van der Waals surface area contributed by atoms with Crippen molar-refractivity contribution >= 4 is 17.8 Å². The Morgan fingerprint density at radius 1 is 1.05 bits per heavy atom. The van der Waals surface area contributed by atoms with Crippen molar-refractivity contribution in [2.75, 3.05) is 13.2 Å². The Morgan fingerprint density at radius 3 is 2.10 bits per heavy atom. The zero-order valence-electron chi connectivity index (χ0n) is 12.6. The second kappa shape index (κ2) is 6.91. The monoisotopic (exact) mass is 297 g/mol. The fourth-order valence-corrected chi connectivity index (χ4v) is 3.48. The van der Waals surface area contributed by atoms with E-state index in [1.807, 2.05) is 0 Å². The molecule has 6 heteroatoms. The summed E-state index contributed by atoms with van der Waals surface area (Å²) in [4.78, 5) is 36.0. The largest absolute Gasteiger partial charge is 0.464 e. The highest BCUT2D eigenvalue weighted by atomic mass is 16.6. The molecular formula is C15H23NO5. The Hall–Kier alpha value is -1.59. The molecule has 1 N–H and O–H groups in total. The molecule has 3 atom stereocenters. The van der Waals surface area contributed by atoms with Gasteiger partial charge in [0, 0.05) is 5.92 Å². The summed E-state index contributed by atoms with van der Waals surface area (Å²) >= 11 is 0. The summed E-state index contributed by atoms with van der Waals surface area (Å²) in [5, 5.41) is 2.52. The predicted molar refractivity (Wildman–Crippen MR) is 74.1 cm³/mol. The second-order valence-corrected chi connectivity index (χ2v) is 5.73. The minimum atomic E-state index is -1.35. The summed E-state index contributed by atoms with van der Waals surface area (Å²) in [6.45, 7) is 3.60. The normalized spacial score (nSPS) is 26.7. The number of rotatable bonds is 6. The molecule has 118 valence electrons. The Labute approximate surface area is 124 Å². The van der Waals surface area contributed by atoms with Gasteiger partial charge in [-0.05, 0) is 44.9 Å². The van der Waals surface area contributed by atoms with Gasteiger partial charge in [0.25, 0.3) is 0 Å². The summed E-state index contributed by atoms with van der Waals surface area (Å²) in [7, 11) is 0. The molecule has 2 fully saturated rings. The van der Waals surface area contributed by atoms with E-state index in [-0.39, 0.29) is 25.0 Å². The fraction of sp³-hybridized carbons (Fsp3) is 0.800. The van der Waals surface area contributed by atoms with E-state index < -0.39 is 18.0 Å². The van der Waals surface area contributed by atoms with Gasteiger partial charge in [-0.1, -0.05) is 6.42 Å². The first-order valence-corrected chi connectivity index (χ1v) is 7.70. The number of ether oxygens (including phenoxy) is 2. The van der Waals surface area contributed by atoms with E-state index in [4.69, 9.17) is 9.47 Å². The summed E-state index contributed by atoms with van der Waals surface area (Å²) in [5.41, 5.74) is 0. The molecule has 0 spiro atoms. The average Bonchev–Trinajstić information content (AvgIpc) is 3.07. The molecule has 0 aliphatic heterocycles. The molecule has 2 rings (SSSR count). The minimum Gasteiger partial charge on any atom is -0.464 e. The Kier molecular flexibility index (Phi) is 5.20. The first kappa shape index (κ1) is 15.8. The maximum atomic E-state index is 12.3. The van der Waals surface area contributed by atoms with Gasteiger partial charge in [0.15, 0.2) is 0 Å². The lowest BCUT2D eigenvalue weighted by Gasteiger charge is -2.23. The average molecular weight is 297 g/mol. The Bertz CT molecular complexity index is 404. The van der Waals surface area contributed by atoms with E-state index in [0.717, 1.165) is 19.3 Å². The van der Waals surface area contributed by atoms with Gasteiger partial charge in [-0.2, -0.15) is 0 Å². The van der Waals surface area contributed by atoms with Gasteiger partial charge in [0.05, 0.1) is 13.2 Å².